The fourth-order valence-electron chi connectivity index (χ4n) is 1.74. The Hall–Kier alpha value is -1.15. The van der Waals surface area contributed by atoms with E-state index in [1.54, 1.807) is 39.0 Å². The highest BCUT2D eigenvalue weighted by Gasteiger charge is 2.20. The van der Waals surface area contributed by atoms with Crippen molar-refractivity contribution in [2.24, 2.45) is 11.7 Å². The Morgan fingerprint density at radius 2 is 1.82 bits per heavy atom. The largest absolute Gasteiger partial charge is 0.349 e. The van der Waals surface area contributed by atoms with Crippen molar-refractivity contribution in [1.29, 1.82) is 0 Å². The number of carbonyl (C=O) groups is 1. The molecule has 0 aromatic heterocycles. The second-order valence-corrected chi connectivity index (χ2v) is 7.04. The zero-order chi connectivity index (χ0) is 16.2. The minimum absolute atomic E-state index is 0. The van der Waals surface area contributed by atoms with Crippen LogP contribution in [-0.2, 0) is 14.8 Å². The molecule has 0 aliphatic heterocycles. The molecule has 6 nitrogen and oxygen atoms in total. The lowest BCUT2D eigenvalue weighted by molar-refractivity contribution is -0.125. The van der Waals surface area contributed by atoms with E-state index in [1.165, 1.54) is 13.1 Å². The Bertz CT molecular complexity index is 605. The third kappa shape index (κ3) is 5.24. The van der Waals surface area contributed by atoms with Crippen LogP contribution in [0.3, 0.4) is 0 Å². The van der Waals surface area contributed by atoms with E-state index in [0.29, 0.717) is 0 Å². The first-order chi connectivity index (χ1) is 9.69. The molecular weight excluding hydrogens is 326 g/mol. The summed E-state index contributed by atoms with van der Waals surface area (Å²) in [6.45, 7) is 5.33. The highest BCUT2D eigenvalue weighted by molar-refractivity contribution is 7.89. The molecule has 0 radical (unpaired) electrons. The molecule has 4 N–H and O–H groups in total. The van der Waals surface area contributed by atoms with Crippen LogP contribution in [0.2, 0.25) is 0 Å². The SMILES string of the molecule is CNS(=O)(=O)c1cccc(C(C)NC(=O)C(C)C(C)N)c1.Cl. The molecule has 3 unspecified atom stereocenters. The van der Waals surface area contributed by atoms with Crippen molar-refractivity contribution in [3.8, 4) is 0 Å². The van der Waals surface area contributed by atoms with Crippen LogP contribution in [0.5, 0.6) is 0 Å². The average molecular weight is 350 g/mol. The lowest BCUT2D eigenvalue weighted by Gasteiger charge is -2.20. The lowest BCUT2D eigenvalue weighted by atomic mass is 10.0. The van der Waals surface area contributed by atoms with Crippen molar-refractivity contribution in [1.82, 2.24) is 10.0 Å². The number of amides is 1. The number of hydrogen-bond acceptors (Lipinski definition) is 4. The maximum atomic E-state index is 12.0. The molecule has 126 valence electrons. The Morgan fingerprint density at radius 3 is 2.32 bits per heavy atom. The smallest absolute Gasteiger partial charge is 0.240 e. The van der Waals surface area contributed by atoms with Gasteiger partial charge in [-0.15, -0.1) is 12.4 Å². The summed E-state index contributed by atoms with van der Waals surface area (Å²) in [5.74, 6) is -0.462. The van der Waals surface area contributed by atoms with Crippen molar-refractivity contribution >= 4 is 28.3 Å². The van der Waals surface area contributed by atoms with E-state index in [9.17, 15) is 13.2 Å². The molecule has 0 saturated heterocycles. The minimum atomic E-state index is -3.50. The fraction of sp³-hybridized carbons (Fsp3) is 0.500. The number of rotatable bonds is 6. The number of benzene rings is 1. The van der Waals surface area contributed by atoms with Gasteiger partial charge in [0.1, 0.15) is 0 Å². The van der Waals surface area contributed by atoms with Gasteiger partial charge in [-0.2, -0.15) is 0 Å². The van der Waals surface area contributed by atoms with Crippen molar-refractivity contribution < 1.29 is 13.2 Å². The maximum absolute atomic E-state index is 12.0. The third-order valence-electron chi connectivity index (χ3n) is 3.50. The second kappa shape index (κ2) is 8.47. The molecule has 1 rings (SSSR count). The molecule has 1 amide bonds. The molecule has 0 saturated carbocycles. The van der Waals surface area contributed by atoms with Crippen LogP contribution in [0.1, 0.15) is 32.4 Å². The van der Waals surface area contributed by atoms with E-state index < -0.39 is 10.0 Å². The zero-order valence-electron chi connectivity index (χ0n) is 13.2. The summed E-state index contributed by atoms with van der Waals surface area (Å²) >= 11 is 0. The highest BCUT2D eigenvalue weighted by atomic mass is 35.5. The molecule has 0 spiro atoms. The van der Waals surface area contributed by atoms with Crippen molar-refractivity contribution in [3.05, 3.63) is 29.8 Å². The molecule has 0 heterocycles. The summed E-state index contributed by atoms with van der Waals surface area (Å²) < 4.78 is 25.8. The van der Waals surface area contributed by atoms with E-state index >= 15 is 0 Å². The number of nitrogens with two attached hydrogens (primary N) is 1. The fourth-order valence-corrected chi connectivity index (χ4v) is 2.52. The van der Waals surface area contributed by atoms with Gasteiger partial charge in [0.05, 0.1) is 10.9 Å². The monoisotopic (exact) mass is 349 g/mol. The zero-order valence-corrected chi connectivity index (χ0v) is 14.8. The summed E-state index contributed by atoms with van der Waals surface area (Å²) in [4.78, 5) is 12.2. The van der Waals surface area contributed by atoms with Gasteiger partial charge in [-0.3, -0.25) is 4.79 Å². The van der Waals surface area contributed by atoms with Gasteiger partial charge < -0.3 is 11.1 Å². The molecule has 0 aliphatic rings. The van der Waals surface area contributed by atoms with Gasteiger partial charge in [-0.1, -0.05) is 19.1 Å². The number of sulfonamides is 1. The Labute approximate surface area is 138 Å². The van der Waals surface area contributed by atoms with E-state index in [1.807, 2.05) is 0 Å². The van der Waals surface area contributed by atoms with Gasteiger partial charge in [0.25, 0.3) is 0 Å². The molecule has 1 aromatic carbocycles. The van der Waals surface area contributed by atoms with Crippen LogP contribution < -0.4 is 15.8 Å². The molecular formula is C14H24ClN3O3S. The average Bonchev–Trinajstić information content (AvgIpc) is 2.46. The Kier molecular flexibility index (Phi) is 8.03. The molecule has 8 heteroatoms. The van der Waals surface area contributed by atoms with Crippen molar-refractivity contribution in [2.45, 2.75) is 37.8 Å². The third-order valence-corrected chi connectivity index (χ3v) is 4.91. The molecule has 3 atom stereocenters. The maximum Gasteiger partial charge on any atom is 0.240 e. The van der Waals surface area contributed by atoms with Gasteiger partial charge in [-0.05, 0) is 38.6 Å². The summed E-state index contributed by atoms with van der Waals surface area (Å²) in [5.41, 5.74) is 6.42. The van der Waals surface area contributed by atoms with Crippen molar-refractivity contribution in [2.75, 3.05) is 7.05 Å². The Morgan fingerprint density at radius 1 is 1.23 bits per heavy atom. The van der Waals surface area contributed by atoms with E-state index in [4.69, 9.17) is 5.73 Å². The summed E-state index contributed by atoms with van der Waals surface area (Å²) in [7, 11) is -2.14. The van der Waals surface area contributed by atoms with Crippen LogP contribution in [0.4, 0.5) is 0 Å². The van der Waals surface area contributed by atoms with Crippen LogP contribution in [0.25, 0.3) is 0 Å². The molecule has 0 bridgehead atoms. The van der Waals surface area contributed by atoms with Crippen LogP contribution in [0.15, 0.2) is 29.2 Å². The topological polar surface area (TPSA) is 101 Å². The predicted octanol–water partition coefficient (Wildman–Crippen LogP) is 1.18. The second-order valence-electron chi connectivity index (χ2n) is 5.16. The minimum Gasteiger partial charge on any atom is -0.349 e. The summed E-state index contributed by atoms with van der Waals surface area (Å²) in [5, 5.41) is 2.84. The van der Waals surface area contributed by atoms with Crippen LogP contribution in [0, 0.1) is 5.92 Å². The number of halogens is 1. The quantitative estimate of drug-likeness (QED) is 0.717. The number of nitrogens with one attached hydrogen (secondary N) is 2. The highest BCUT2D eigenvalue weighted by Crippen LogP contribution is 2.18. The first-order valence-corrected chi connectivity index (χ1v) is 8.26. The number of carbonyl (C=O) groups excluding carboxylic acids is 1. The van der Waals surface area contributed by atoms with Gasteiger partial charge in [0.2, 0.25) is 15.9 Å². The molecule has 0 fully saturated rings. The molecule has 22 heavy (non-hydrogen) atoms. The van der Waals surface area contributed by atoms with Gasteiger partial charge in [0.15, 0.2) is 0 Å². The first kappa shape index (κ1) is 20.9. The number of hydrogen-bond donors (Lipinski definition) is 3. The predicted molar refractivity (Wildman–Crippen MR) is 89.3 cm³/mol. The van der Waals surface area contributed by atoms with E-state index in [0.717, 1.165) is 5.56 Å². The lowest BCUT2D eigenvalue weighted by Crippen LogP contribution is -2.39. The van der Waals surface area contributed by atoms with Gasteiger partial charge in [-0.25, -0.2) is 13.1 Å². The van der Waals surface area contributed by atoms with Gasteiger partial charge in [0, 0.05) is 12.0 Å². The van der Waals surface area contributed by atoms with Crippen molar-refractivity contribution in [3.63, 3.8) is 0 Å². The molecule has 0 aliphatic carbocycles. The van der Waals surface area contributed by atoms with E-state index in [-0.39, 0.29) is 41.2 Å². The standard InChI is InChI=1S/C14H23N3O3S.ClH/c1-9(10(2)15)14(18)17-11(3)12-6-5-7-13(8-12)21(19,20)16-4;/h5-11,16H,15H2,1-4H3,(H,17,18);1H. The Balaban J connectivity index is 0.00000441. The van der Waals surface area contributed by atoms with Gasteiger partial charge >= 0.3 is 0 Å². The molecule has 1 aromatic rings. The van der Waals surface area contributed by atoms with Crippen LogP contribution in [-0.4, -0.2) is 27.4 Å². The first-order valence-electron chi connectivity index (χ1n) is 6.78. The summed E-state index contributed by atoms with van der Waals surface area (Å²) in [6, 6.07) is 5.94. The van der Waals surface area contributed by atoms with E-state index in [2.05, 4.69) is 10.0 Å². The normalized spacial score (nSPS) is 15.3. The van der Waals surface area contributed by atoms with Crippen LogP contribution >= 0.6 is 12.4 Å². The summed E-state index contributed by atoms with van der Waals surface area (Å²) in [6.07, 6.45) is 0.